The topological polar surface area (TPSA) is 53.4 Å². The number of hydrogen-bond acceptors (Lipinski definition) is 4. The number of rotatable bonds is 3. The van der Waals surface area contributed by atoms with Crippen LogP contribution >= 0.6 is 11.3 Å². The number of fused-ring (bicyclic) bond motifs is 1. The Bertz CT molecular complexity index is 536. The van der Waals surface area contributed by atoms with E-state index in [0.29, 0.717) is 0 Å². The molecule has 0 bridgehead atoms. The van der Waals surface area contributed by atoms with Crippen LogP contribution in [0.3, 0.4) is 0 Å². The number of anilines is 1. The van der Waals surface area contributed by atoms with E-state index in [1.54, 1.807) is 11.9 Å². The molecule has 2 rings (SSSR count). The van der Waals surface area contributed by atoms with Gasteiger partial charge in [0.15, 0.2) is 5.13 Å². The summed E-state index contributed by atoms with van der Waals surface area (Å²) in [6.45, 7) is 1.97. The number of para-hydroxylation sites is 1. The van der Waals surface area contributed by atoms with Gasteiger partial charge in [-0.1, -0.05) is 23.5 Å². The van der Waals surface area contributed by atoms with Crippen LogP contribution in [0.25, 0.3) is 10.2 Å². The highest BCUT2D eigenvalue weighted by Gasteiger charge is 2.11. The fourth-order valence-electron chi connectivity index (χ4n) is 1.51. The Morgan fingerprint density at radius 2 is 2.31 bits per heavy atom. The number of carboxylic acids is 1. The number of aromatic nitrogens is 1. The van der Waals surface area contributed by atoms with Gasteiger partial charge in [-0.2, -0.15) is 0 Å². The second-order valence-electron chi connectivity index (χ2n) is 3.67. The molecule has 0 spiro atoms. The smallest absolute Gasteiger partial charge is 0.323 e. The van der Waals surface area contributed by atoms with E-state index in [-0.39, 0.29) is 6.54 Å². The third-order valence-corrected chi connectivity index (χ3v) is 3.44. The van der Waals surface area contributed by atoms with Crippen LogP contribution in [0.15, 0.2) is 18.2 Å². The van der Waals surface area contributed by atoms with Crippen LogP contribution in [0, 0.1) is 6.92 Å². The fraction of sp³-hybridized carbons (Fsp3) is 0.273. The summed E-state index contributed by atoms with van der Waals surface area (Å²) >= 11 is 1.51. The van der Waals surface area contributed by atoms with E-state index >= 15 is 0 Å². The molecule has 0 unspecified atom stereocenters. The third-order valence-electron chi connectivity index (χ3n) is 2.31. The average molecular weight is 236 g/mol. The molecule has 0 atom stereocenters. The van der Waals surface area contributed by atoms with Gasteiger partial charge in [-0.3, -0.25) is 4.79 Å². The molecule has 1 N–H and O–H groups in total. The van der Waals surface area contributed by atoms with Gasteiger partial charge in [0.1, 0.15) is 6.54 Å². The molecule has 0 saturated carbocycles. The molecule has 0 radical (unpaired) electrons. The second kappa shape index (κ2) is 4.09. The van der Waals surface area contributed by atoms with Gasteiger partial charge in [-0.15, -0.1) is 0 Å². The Balaban J connectivity index is 2.39. The van der Waals surface area contributed by atoms with Crippen molar-refractivity contribution in [3.63, 3.8) is 0 Å². The molecule has 5 heteroatoms. The Morgan fingerprint density at radius 3 is 2.94 bits per heavy atom. The van der Waals surface area contributed by atoms with Gasteiger partial charge in [-0.25, -0.2) is 4.98 Å². The summed E-state index contributed by atoms with van der Waals surface area (Å²) in [5.74, 6) is -0.849. The number of aliphatic carboxylic acids is 1. The molecule has 1 heterocycles. The largest absolute Gasteiger partial charge is 0.480 e. The van der Waals surface area contributed by atoms with Crippen LogP contribution in [0.1, 0.15) is 5.56 Å². The molecule has 16 heavy (non-hydrogen) atoms. The molecular formula is C11H12N2O2S. The summed E-state index contributed by atoms with van der Waals surface area (Å²) in [4.78, 5) is 16.7. The predicted octanol–water partition coefficient (Wildman–Crippen LogP) is 2.13. The van der Waals surface area contributed by atoms with Gasteiger partial charge < -0.3 is 10.0 Å². The summed E-state index contributed by atoms with van der Waals surface area (Å²) in [6.07, 6.45) is 0. The Hall–Kier alpha value is -1.62. The molecular weight excluding hydrogens is 224 g/mol. The first-order valence-electron chi connectivity index (χ1n) is 4.87. The molecule has 2 aromatic rings. The summed E-state index contributed by atoms with van der Waals surface area (Å²) in [6, 6.07) is 5.98. The number of aryl methyl sites for hydroxylation is 1. The standard InChI is InChI=1S/C11H12N2O2S/c1-7-4-3-5-8-10(7)12-11(16-8)13(2)6-9(14)15/h3-5H,6H2,1-2H3,(H,14,15). The van der Waals surface area contributed by atoms with Crippen LogP contribution in [-0.2, 0) is 4.79 Å². The quantitative estimate of drug-likeness (QED) is 0.887. The maximum absolute atomic E-state index is 10.6. The van der Waals surface area contributed by atoms with Crippen molar-refractivity contribution in [1.82, 2.24) is 4.98 Å². The first-order valence-corrected chi connectivity index (χ1v) is 5.68. The van der Waals surface area contributed by atoms with Gasteiger partial charge in [-0.05, 0) is 18.6 Å². The van der Waals surface area contributed by atoms with Crippen LogP contribution < -0.4 is 4.90 Å². The van der Waals surface area contributed by atoms with Gasteiger partial charge in [0, 0.05) is 7.05 Å². The molecule has 0 saturated heterocycles. The molecule has 0 aliphatic heterocycles. The van der Waals surface area contributed by atoms with Crippen molar-refractivity contribution >= 4 is 32.7 Å². The number of carbonyl (C=O) groups is 1. The van der Waals surface area contributed by atoms with Crippen molar-refractivity contribution in [3.05, 3.63) is 23.8 Å². The van der Waals surface area contributed by atoms with E-state index < -0.39 is 5.97 Å². The van der Waals surface area contributed by atoms with E-state index in [4.69, 9.17) is 5.11 Å². The molecule has 1 aromatic carbocycles. The van der Waals surface area contributed by atoms with E-state index in [9.17, 15) is 4.79 Å². The van der Waals surface area contributed by atoms with Crippen LogP contribution in [-0.4, -0.2) is 29.7 Å². The van der Waals surface area contributed by atoms with Crippen molar-refractivity contribution in [3.8, 4) is 0 Å². The number of benzene rings is 1. The van der Waals surface area contributed by atoms with Crippen molar-refractivity contribution in [2.75, 3.05) is 18.5 Å². The highest BCUT2D eigenvalue weighted by atomic mass is 32.1. The van der Waals surface area contributed by atoms with Crippen molar-refractivity contribution in [2.24, 2.45) is 0 Å². The Morgan fingerprint density at radius 1 is 1.56 bits per heavy atom. The lowest BCUT2D eigenvalue weighted by Gasteiger charge is -2.11. The Kier molecular flexibility index (Phi) is 2.78. The highest BCUT2D eigenvalue weighted by Crippen LogP contribution is 2.29. The lowest BCUT2D eigenvalue weighted by Crippen LogP contribution is -2.24. The Labute approximate surface area is 97.1 Å². The minimum absolute atomic E-state index is 0.0289. The minimum atomic E-state index is -0.849. The van der Waals surface area contributed by atoms with Crippen molar-refractivity contribution in [2.45, 2.75) is 6.92 Å². The van der Waals surface area contributed by atoms with E-state index in [0.717, 1.165) is 20.9 Å². The van der Waals surface area contributed by atoms with Crippen LogP contribution in [0.2, 0.25) is 0 Å². The van der Waals surface area contributed by atoms with Crippen LogP contribution in [0.4, 0.5) is 5.13 Å². The third kappa shape index (κ3) is 1.99. The molecule has 0 amide bonds. The highest BCUT2D eigenvalue weighted by molar-refractivity contribution is 7.22. The van der Waals surface area contributed by atoms with Gasteiger partial charge in [0.05, 0.1) is 10.2 Å². The predicted molar refractivity (Wildman–Crippen MR) is 65.3 cm³/mol. The first-order chi connectivity index (χ1) is 7.58. The molecule has 1 aromatic heterocycles. The number of nitrogens with zero attached hydrogens (tertiary/aromatic N) is 2. The first kappa shape index (κ1) is 10.9. The van der Waals surface area contributed by atoms with Crippen molar-refractivity contribution < 1.29 is 9.90 Å². The maximum atomic E-state index is 10.6. The normalized spacial score (nSPS) is 10.6. The maximum Gasteiger partial charge on any atom is 0.323 e. The zero-order valence-electron chi connectivity index (χ0n) is 9.10. The van der Waals surface area contributed by atoms with E-state index in [1.165, 1.54) is 11.3 Å². The number of carboxylic acid groups (broad SMARTS) is 1. The minimum Gasteiger partial charge on any atom is -0.480 e. The molecule has 84 valence electrons. The summed E-state index contributed by atoms with van der Waals surface area (Å²) < 4.78 is 1.09. The van der Waals surface area contributed by atoms with Crippen LogP contribution in [0.5, 0.6) is 0 Å². The fourth-order valence-corrected chi connectivity index (χ4v) is 2.51. The van der Waals surface area contributed by atoms with Gasteiger partial charge in [0.2, 0.25) is 0 Å². The monoisotopic (exact) mass is 236 g/mol. The lowest BCUT2D eigenvalue weighted by molar-refractivity contribution is -0.135. The second-order valence-corrected chi connectivity index (χ2v) is 4.68. The number of hydrogen-bond donors (Lipinski definition) is 1. The van der Waals surface area contributed by atoms with Gasteiger partial charge >= 0.3 is 5.97 Å². The zero-order chi connectivity index (χ0) is 11.7. The molecule has 4 nitrogen and oxygen atoms in total. The van der Waals surface area contributed by atoms with Gasteiger partial charge in [0.25, 0.3) is 0 Å². The average Bonchev–Trinajstić information content (AvgIpc) is 2.61. The summed E-state index contributed by atoms with van der Waals surface area (Å²) in [5, 5.41) is 9.45. The number of likely N-dealkylation sites (N-methyl/N-ethyl adjacent to an activating group) is 1. The SMILES string of the molecule is Cc1cccc2sc(N(C)CC(=O)O)nc12. The summed E-state index contributed by atoms with van der Waals surface area (Å²) in [7, 11) is 1.74. The summed E-state index contributed by atoms with van der Waals surface area (Å²) in [5.41, 5.74) is 2.07. The van der Waals surface area contributed by atoms with E-state index in [1.807, 2.05) is 25.1 Å². The lowest BCUT2D eigenvalue weighted by atomic mass is 10.2. The van der Waals surface area contributed by atoms with Crippen molar-refractivity contribution in [1.29, 1.82) is 0 Å². The molecule has 0 fully saturated rings. The zero-order valence-corrected chi connectivity index (χ0v) is 9.91. The molecule has 0 aliphatic carbocycles. The van der Waals surface area contributed by atoms with E-state index in [2.05, 4.69) is 4.98 Å². The molecule has 0 aliphatic rings. The number of thiazole rings is 1.